The number of benzene rings is 2. The summed E-state index contributed by atoms with van der Waals surface area (Å²) in [6, 6.07) is 15.8. The number of para-hydroxylation sites is 2. The molecular weight excluding hydrogens is 466 g/mol. The molecule has 1 heterocycles. The molecule has 2 aromatic rings. The first-order chi connectivity index (χ1) is 16.2. The number of amides is 1. The number of carbonyl (C=O) groups is 1. The van der Waals surface area contributed by atoms with Gasteiger partial charge in [0.1, 0.15) is 0 Å². The molecule has 1 amide bonds. The highest BCUT2D eigenvalue weighted by Gasteiger charge is 2.70. The van der Waals surface area contributed by atoms with E-state index in [1.165, 1.54) is 0 Å². The summed E-state index contributed by atoms with van der Waals surface area (Å²) in [7, 11) is 0. The summed E-state index contributed by atoms with van der Waals surface area (Å²) in [5.41, 5.74) is 1.16. The van der Waals surface area contributed by atoms with Crippen molar-refractivity contribution in [2.45, 2.75) is 105 Å². The fraction of sp³-hybridized carbons (Fsp3) is 0.581. The zero-order valence-corrected chi connectivity index (χ0v) is 25.1. The van der Waals surface area contributed by atoms with Crippen molar-refractivity contribution >= 4 is 28.9 Å². The predicted molar refractivity (Wildman–Crippen MR) is 155 cm³/mol. The van der Waals surface area contributed by atoms with Crippen LogP contribution in [0.15, 0.2) is 48.5 Å². The van der Waals surface area contributed by atoms with Gasteiger partial charge in [0.15, 0.2) is 0 Å². The van der Waals surface area contributed by atoms with Gasteiger partial charge in [-0.05, 0) is 96.0 Å². The molecule has 2 aromatic carbocycles. The molecule has 1 aliphatic heterocycles. The Morgan fingerprint density at radius 3 is 1.67 bits per heavy atom. The average molecular weight is 512 g/mol. The molecular formula is C31H46ClN3O. The molecule has 0 bridgehead atoms. The molecule has 1 fully saturated rings. The van der Waals surface area contributed by atoms with E-state index in [1.54, 1.807) is 0 Å². The number of rotatable bonds is 6. The quantitative estimate of drug-likeness (QED) is 0.409. The van der Waals surface area contributed by atoms with E-state index in [0.29, 0.717) is 5.02 Å². The monoisotopic (exact) mass is 511 g/mol. The minimum absolute atomic E-state index is 0.0179. The molecule has 2 N–H and O–H groups in total. The summed E-state index contributed by atoms with van der Waals surface area (Å²) in [5.74, 6) is -0.0179. The third-order valence-corrected chi connectivity index (χ3v) is 10.3. The Bertz CT molecular complexity index is 1100. The highest BCUT2D eigenvalue weighted by atomic mass is 35.5. The van der Waals surface area contributed by atoms with Crippen LogP contribution in [0.3, 0.4) is 0 Å². The van der Waals surface area contributed by atoms with Gasteiger partial charge in [0.2, 0.25) is 5.91 Å². The maximum absolute atomic E-state index is 14.0. The second kappa shape index (κ2) is 8.77. The molecule has 0 saturated carbocycles. The molecule has 5 heteroatoms. The standard InChI is InChI=1S/C31H46ClN3O/c1-26(2,21-17-19-22(32)20-18-21)34-24-16-14-13-15-23(24)33-25(36)27(3,4)35-30(9,10)28(5,6)29(7,8)31(35,11)12/h13-20,34H,1-12H3,(H,33,36). The van der Waals surface area contributed by atoms with Crippen LogP contribution < -0.4 is 10.6 Å². The van der Waals surface area contributed by atoms with Crippen LogP contribution >= 0.6 is 11.6 Å². The molecule has 0 spiro atoms. The molecule has 0 atom stereocenters. The molecule has 36 heavy (non-hydrogen) atoms. The lowest BCUT2D eigenvalue weighted by atomic mass is 9.57. The maximum Gasteiger partial charge on any atom is 0.244 e. The van der Waals surface area contributed by atoms with Crippen molar-refractivity contribution in [1.82, 2.24) is 4.90 Å². The van der Waals surface area contributed by atoms with E-state index in [9.17, 15) is 4.79 Å². The van der Waals surface area contributed by atoms with Gasteiger partial charge in [0.25, 0.3) is 0 Å². The maximum atomic E-state index is 14.0. The Morgan fingerprint density at radius 2 is 1.19 bits per heavy atom. The first kappa shape index (κ1) is 28.5. The number of hydrogen-bond acceptors (Lipinski definition) is 3. The van der Waals surface area contributed by atoms with E-state index in [2.05, 4.69) is 98.6 Å². The lowest BCUT2D eigenvalue weighted by molar-refractivity contribution is -0.135. The number of hydrogen-bond donors (Lipinski definition) is 2. The molecule has 0 aliphatic carbocycles. The fourth-order valence-corrected chi connectivity index (χ4v) is 6.66. The van der Waals surface area contributed by atoms with Gasteiger partial charge in [0, 0.05) is 16.1 Å². The topological polar surface area (TPSA) is 44.4 Å². The molecule has 1 saturated heterocycles. The van der Waals surface area contributed by atoms with E-state index in [1.807, 2.05) is 48.5 Å². The number of likely N-dealkylation sites (tertiary alicyclic amines) is 1. The van der Waals surface area contributed by atoms with Gasteiger partial charge in [-0.2, -0.15) is 0 Å². The predicted octanol–water partition coefficient (Wildman–Crippen LogP) is 8.33. The third-order valence-electron chi connectivity index (χ3n) is 10.0. The lowest BCUT2D eigenvalue weighted by Gasteiger charge is -2.52. The van der Waals surface area contributed by atoms with Crippen molar-refractivity contribution < 1.29 is 4.79 Å². The fourth-order valence-electron chi connectivity index (χ4n) is 6.54. The minimum atomic E-state index is -0.753. The first-order valence-corrected chi connectivity index (χ1v) is 13.3. The number of halogens is 1. The first-order valence-electron chi connectivity index (χ1n) is 13.0. The molecule has 1 aliphatic rings. The summed E-state index contributed by atoms with van der Waals surface area (Å²) >= 11 is 6.10. The highest BCUT2D eigenvalue weighted by molar-refractivity contribution is 6.30. The average Bonchev–Trinajstić information content (AvgIpc) is 2.81. The van der Waals surface area contributed by atoms with Gasteiger partial charge in [-0.25, -0.2) is 0 Å². The number of anilines is 2. The summed E-state index contributed by atoms with van der Waals surface area (Å²) in [4.78, 5) is 16.5. The second-order valence-electron chi connectivity index (χ2n) is 13.5. The highest BCUT2D eigenvalue weighted by Crippen LogP contribution is 2.65. The molecule has 0 unspecified atom stereocenters. The zero-order chi connectivity index (χ0) is 27.5. The van der Waals surface area contributed by atoms with Crippen molar-refractivity contribution in [3.05, 3.63) is 59.1 Å². The van der Waals surface area contributed by atoms with Crippen LogP contribution in [0.5, 0.6) is 0 Å². The Morgan fingerprint density at radius 1 is 0.750 bits per heavy atom. The third kappa shape index (κ3) is 4.24. The van der Waals surface area contributed by atoms with E-state index in [4.69, 9.17) is 11.6 Å². The molecule has 4 nitrogen and oxygen atoms in total. The SMILES string of the molecule is CC(C)(Nc1ccccc1NC(=O)C(C)(C)N1C(C)(C)C(C)(C)C(C)(C)C1(C)C)c1ccc(Cl)cc1. The van der Waals surface area contributed by atoms with Gasteiger partial charge in [0.05, 0.1) is 22.5 Å². The summed E-state index contributed by atoms with van der Waals surface area (Å²) in [6.45, 7) is 26.8. The van der Waals surface area contributed by atoms with Crippen LogP contribution in [0.2, 0.25) is 5.02 Å². The van der Waals surface area contributed by atoms with Gasteiger partial charge < -0.3 is 10.6 Å². The Labute approximate surface area is 224 Å². The van der Waals surface area contributed by atoms with Crippen LogP contribution in [-0.2, 0) is 10.3 Å². The number of nitrogens with zero attached hydrogens (tertiary/aromatic N) is 1. The zero-order valence-electron chi connectivity index (χ0n) is 24.4. The number of carbonyl (C=O) groups excluding carboxylic acids is 1. The number of nitrogens with one attached hydrogen (secondary N) is 2. The Hall–Kier alpha value is -2.04. The van der Waals surface area contributed by atoms with Crippen molar-refractivity contribution in [2.75, 3.05) is 10.6 Å². The van der Waals surface area contributed by atoms with Gasteiger partial charge in [-0.1, -0.05) is 63.6 Å². The lowest BCUT2D eigenvalue weighted by Crippen LogP contribution is -2.65. The van der Waals surface area contributed by atoms with Crippen LogP contribution in [0, 0.1) is 10.8 Å². The largest absolute Gasteiger partial charge is 0.374 e. The molecule has 0 aromatic heterocycles. The molecule has 3 rings (SSSR count). The van der Waals surface area contributed by atoms with Crippen LogP contribution in [0.4, 0.5) is 11.4 Å². The van der Waals surface area contributed by atoms with Crippen LogP contribution in [0.1, 0.15) is 88.6 Å². The van der Waals surface area contributed by atoms with E-state index < -0.39 is 5.54 Å². The van der Waals surface area contributed by atoms with E-state index >= 15 is 0 Å². The normalized spacial score (nSPS) is 20.7. The molecule has 0 radical (unpaired) electrons. The van der Waals surface area contributed by atoms with Crippen molar-refractivity contribution in [3.63, 3.8) is 0 Å². The van der Waals surface area contributed by atoms with E-state index in [-0.39, 0.29) is 33.4 Å². The van der Waals surface area contributed by atoms with Gasteiger partial charge in [-0.3, -0.25) is 9.69 Å². The van der Waals surface area contributed by atoms with Crippen molar-refractivity contribution in [2.24, 2.45) is 10.8 Å². The van der Waals surface area contributed by atoms with E-state index in [0.717, 1.165) is 16.9 Å². The minimum Gasteiger partial charge on any atom is -0.374 e. The van der Waals surface area contributed by atoms with Gasteiger partial charge in [-0.15, -0.1) is 0 Å². The summed E-state index contributed by atoms with van der Waals surface area (Å²) in [6.07, 6.45) is 0. The van der Waals surface area contributed by atoms with Crippen LogP contribution in [-0.4, -0.2) is 27.4 Å². The second-order valence-corrected chi connectivity index (χ2v) is 14.0. The van der Waals surface area contributed by atoms with Crippen molar-refractivity contribution in [3.8, 4) is 0 Å². The van der Waals surface area contributed by atoms with Crippen molar-refractivity contribution in [1.29, 1.82) is 0 Å². The van der Waals surface area contributed by atoms with Gasteiger partial charge >= 0.3 is 0 Å². The summed E-state index contributed by atoms with van der Waals surface area (Å²) in [5, 5.41) is 7.62. The summed E-state index contributed by atoms with van der Waals surface area (Å²) < 4.78 is 0. The Balaban J connectivity index is 1.94. The Kier molecular flexibility index (Phi) is 6.95. The van der Waals surface area contributed by atoms with Crippen LogP contribution in [0.25, 0.3) is 0 Å². The molecule has 198 valence electrons. The smallest absolute Gasteiger partial charge is 0.244 e.